The Morgan fingerprint density at radius 3 is 2.47 bits per heavy atom. The Balaban J connectivity index is 1.17. The molecule has 2 heterocycles. The van der Waals surface area contributed by atoms with Gasteiger partial charge in [0.2, 0.25) is 5.82 Å². The van der Waals surface area contributed by atoms with Crippen molar-refractivity contribution in [2.75, 3.05) is 0 Å². The summed E-state index contributed by atoms with van der Waals surface area (Å²) in [6, 6.07) is 22.7. The highest BCUT2D eigenvalue weighted by molar-refractivity contribution is 5.97. The second-order valence-corrected chi connectivity index (χ2v) is 7.64. The van der Waals surface area contributed by atoms with E-state index in [2.05, 4.69) is 32.0 Å². The van der Waals surface area contributed by atoms with Crippen molar-refractivity contribution in [1.29, 1.82) is 0 Å². The van der Waals surface area contributed by atoms with E-state index in [9.17, 15) is 9.59 Å². The van der Waals surface area contributed by atoms with E-state index in [-0.39, 0.29) is 5.82 Å². The van der Waals surface area contributed by atoms with E-state index in [1.54, 1.807) is 36.5 Å². The third kappa shape index (κ3) is 4.40. The van der Waals surface area contributed by atoms with Crippen LogP contribution in [-0.2, 0) is 6.61 Å². The standard InChI is InChI=1S/C25H20N6O3/c1-16-12-13-26-25-27-22(30-31(16)25)24(33)29-28-23(32)19-8-6-17(7-9-19)15-34-21-11-10-18-4-2-3-5-20(18)14-21/h2-14H,15H2,1H3,(H,28,32)(H,29,33). The number of carbonyl (C=O) groups is 2. The maximum Gasteiger partial charge on any atom is 0.309 e. The SMILES string of the molecule is Cc1ccnc2nc(C(=O)NNC(=O)c3ccc(COc4ccc5ccccc5c4)cc3)nn12. The Morgan fingerprint density at radius 2 is 1.68 bits per heavy atom. The molecule has 3 aromatic carbocycles. The van der Waals surface area contributed by atoms with Crippen LogP contribution in [-0.4, -0.2) is 31.4 Å². The molecule has 0 fully saturated rings. The maximum absolute atomic E-state index is 12.4. The molecule has 5 aromatic rings. The zero-order valence-electron chi connectivity index (χ0n) is 18.2. The van der Waals surface area contributed by atoms with Gasteiger partial charge in [-0.05, 0) is 53.6 Å². The minimum Gasteiger partial charge on any atom is -0.489 e. The van der Waals surface area contributed by atoms with Crippen LogP contribution in [0, 0.1) is 6.92 Å². The summed E-state index contributed by atoms with van der Waals surface area (Å²) < 4.78 is 7.34. The number of nitrogens with one attached hydrogen (secondary N) is 2. The summed E-state index contributed by atoms with van der Waals surface area (Å²) in [6.07, 6.45) is 1.58. The van der Waals surface area contributed by atoms with Gasteiger partial charge in [-0.1, -0.05) is 42.5 Å². The van der Waals surface area contributed by atoms with Gasteiger partial charge in [-0.15, -0.1) is 5.10 Å². The van der Waals surface area contributed by atoms with Crippen LogP contribution < -0.4 is 15.6 Å². The Morgan fingerprint density at radius 1 is 0.912 bits per heavy atom. The number of rotatable bonds is 5. The zero-order chi connectivity index (χ0) is 23.5. The lowest BCUT2D eigenvalue weighted by Gasteiger charge is -2.09. The highest BCUT2D eigenvalue weighted by Gasteiger charge is 2.15. The van der Waals surface area contributed by atoms with Crippen LogP contribution in [0.15, 0.2) is 79.0 Å². The summed E-state index contributed by atoms with van der Waals surface area (Å²) in [7, 11) is 0. The van der Waals surface area contributed by atoms with Crippen molar-refractivity contribution >= 4 is 28.4 Å². The molecule has 34 heavy (non-hydrogen) atoms. The molecule has 0 spiro atoms. The van der Waals surface area contributed by atoms with Gasteiger partial charge < -0.3 is 4.74 Å². The summed E-state index contributed by atoms with van der Waals surface area (Å²) in [5.74, 6) is -0.123. The Hall–Kier alpha value is -4.79. The molecule has 0 radical (unpaired) electrons. The minimum atomic E-state index is -0.640. The topological polar surface area (TPSA) is 111 Å². The summed E-state index contributed by atoms with van der Waals surface area (Å²) in [4.78, 5) is 32.8. The fourth-order valence-corrected chi connectivity index (χ4v) is 3.42. The van der Waals surface area contributed by atoms with Crippen LogP contribution in [0.2, 0.25) is 0 Å². The number of fused-ring (bicyclic) bond motifs is 2. The van der Waals surface area contributed by atoms with E-state index in [4.69, 9.17) is 4.74 Å². The molecule has 168 valence electrons. The van der Waals surface area contributed by atoms with Crippen LogP contribution >= 0.6 is 0 Å². The summed E-state index contributed by atoms with van der Waals surface area (Å²) >= 11 is 0. The van der Waals surface area contributed by atoms with Gasteiger partial charge in [0.1, 0.15) is 12.4 Å². The molecule has 2 amide bonds. The first kappa shape index (κ1) is 21.1. The second-order valence-electron chi connectivity index (χ2n) is 7.64. The summed E-state index contributed by atoms with van der Waals surface area (Å²) in [6.45, 7) is 2.19. The molecule has 2 aromatic heterocycles. The van der Waals surface area contributed by atoms with Crippen LogP contribution in [0.4, 0.5) is 0 Å². The van der Waals surface area contributed by atoms with Gasteiger partial charge in [0.15, 0.2) is 0 Å². The Bertz CT molecular complexity index is 1510. The molecule has 0 aliphatic heterocycles. The quantitative estimate of drug-likeness (QED) is 0.396. The first-order valence-electron chi connectivity index (χ1n) is 10.6. The fraction of sp³-hybridized carbons (Fsp3) is 0.0800. The van der Waals surface area contributed by atoms with Gasteiger partial charge in [-0.2, -0.15) is 4.98 Å². The number of carbonyl (C=O) groups excluding carboxylic acids is 2. The number of hydrazine groups is 1. The predicted molar refractivity (Wildman–Crippen MR) is 125 cm³/mol. The number of ether oxygens (including phenoxy) is 1. The number of amides is 2. The van der Waals surface area contributed by atoms with Crippen molar-refractivity contribution < 1.29 is 14.3 Å². The lowest BCUT2D eigenvalue weighted by Crippen LogP contribution is -2.42. The highest BCUT2D eigenvalue weighted by Crippen LogP contribution is 2.21. The Labute approximate surface area is 194 Å². The van der Waals surface area contributed by atoms with E-state index >= 15 is 0 Å². The zero-order valence-corrected chi connectivity index (χ0v) is 18.2. The van der Waals surface area contributed by atoms with E-state index in [1.165, 1.54) is 4.52 Å². The van der Waals surface area contributed by atoms with Gasteiger partial charge in [-0.3, -0.25) is 20.4 Å². The molecule has 2 N–H and O–H groups in total. The molecule has 9 nitrogen and oxygen atoms in total. The van der Waals surface area contributed by atoms with Crippen molar-refractivity contribution in [2.24, 2.45) is 0 Å². The summed E-state index contributed by atoms with van der Waals surface area (Å²) in [5.41, 5.74) is 6.77. The first-order chi connectivity index (χ1) is 16.6. The normalized spacial score (nSPS) is 10.9. The molecule has 0 atom stereocenters. The van der Waals surface area contributed by atoms with Crippen molar-refractivity contribution in [2.45, 2.75) is 13.5 Å². The van der Waals surface area contributed by atoms with Crippen molar-refractivity contribution in [3.05, 3.63) is 102 Å². The molecule has 0 bridgehead atoms. The lowest BCUT2D eigenvalue weighted by molar-refractivity contribution is 0.0841. The molecule has 0 aliphatic carbocycles. The van der Waals surface area contributed by atoms with Gasteiger partial charge >= 0.3 is 5.91 Å². The van der Waals surface area contributed by atoms with Crippen LogP contribution in [0.5, 0.6) is 5.75 Å². The van der Waals surface area contributed by atoms with Crippen molar-refractivity contribution in [1.82, 2.24) is 30.4 Å². The molecule has 9 heteroatoms. The molecule has 0 saturated heterocycles. The largest absolute Gasteiger partial charge is 0.489 e. The van der Waals surface area contributed by atoms with Gasteiger partial charge in [0, 0.05) is 17.5 Å². The van der Waals surface area contributed by atoms with E-state index in [1.807, 2.05) is 43.3 Å². The molecule has 0 saturated carbocycles. The van der Waals surface area contributed by atoms with Crippen LogP contribution in [0.1, 0.15) is 32.2 Å². The smallest absolute Gasteiger partial charge is 0.309 e. The maximum atomic E-state index is 12.4. The van der Waals surface area contributed by atoms with Crippen molar-refractivity contribution in [3.63, 3.8) is 0 Å². The number of benzene rings is 3. The van der Waals surface area contributed by atoms with E-state index in [0.717, 1.165) is 27.8 Å². The van der Waals surface area contributed by atoms with Crippen molar-refractivity contribution in [3.8, 4) is 5.75 Å². The Kier molecular flexibility index (Phi) is 5.57. The number of aryl methyl sites for hydroxylation is 1. The molecular weight excluding hydrogens is 432 g/mol. The molecular formula is C25H20N6O3. The molecule has 0 unspecified atom stereocenters. The first-order valence-corrected chi connectivity index (χ1v) is 10.6. The van der Waals surface area contributed by atoms with E-state index < -0.39 is 11.8 Å². The predicted octanol–water partition coefficient (Wildman–Crippen LogP) is 3.24. The van der Waals surface area contributed by atoms with Gasteiger partial charge in [0.25, 0.3) is 11.7 Å². The number of hydrogen-bond acceptors (Lipinski definition) is 6. The third-order valence-corrected chi connectivity index (χ3v) is 5.27. The fourth-order valence-electron chi connectivity index (χ4n) is 3.42. The third-order valence-electron chi connectivity index (χ3n) is 5.27. The number of aromatic nitrogens is 4. The average molecular weight is 452 g/mol. The summed E-state index contributed by atoms with van der Waals surface area (Å²) in [5, 5.41) is 6.37. The van der Waals surface area contributed by atoms with Crippen LogP contribution in [0.25, 0.3) is 16.6 Å². The van der Waals surface area contributed by atoms with Gasteiger partial charge in [0.05, 0.1) is 0 Å². The minimum absolute atomic E-state index is 0.0942. The van der Waals surface area contributed by atoms with Crippen LogP contribution in [0.3, 0.4) is 0 Å². The van der Waals surface area contributed by atoms with Gasteiger partial charge in [-0.25, -0.2) is 9.50 Å². The number of nitrogens with zero attached hydrogens (tertiary/aromatic N) is 4. The monoisotopic (exact) mass is 452 g/mol. The molecule has 0 aliphatic rings. The molecule has 5 rings (SSSR count). The second kappa shape index (κ2) is 8.99. The average Bonchev–Trinajstić information content (AvgIpc) is 3.32. The number of hydrogen-bond donors (Lipinski definition) is 2. The van der Waals surface area contributed by atoms with E-state index in [0.29, 0.717) is 17.9 Å². The lowest BCUT2D eigenvalue weighted by atomic mass is 10.1. The highest BCUT2D eigenvalue weighted by atomic mass is 16.5.